The molecule has 2 heterocycles. The van der Waals surface area contributed by atoms with E-state index in [4.69, 9.17) is 9.41 Å². The van der Waals surface area contributed by atoms with Gasteiger partial charge in [-0.3, -0.25) is 4.98 Å². The Labute approximate surface area is 220 Å². The largest absolute Gasteiger partial charge is 0.410 e. The van der Waals surface area contributed by atoms with Gasteiger partial charge < -0.3 is 9.53 Å². The zero-order chi connectivity index (χ0) is 27.4. The second kappa shape index (κ2) is 9.59. The van der Waals surface area contributed by atoms with Gasteiger partial charge in [0.1, 0.15) is 11.9 Å². The van der Waals surface area contributed by atoms with Crippen molar-refractivity contribution in [1.82, 2.24) is 15.0 Å². The van der Waals surface area contributed by atoms with Crippen LogP contribution in [-0.4, -0.2) is 28.4 Å². The molecule has 0 aromatic carbocycles. The molecule has 5 nitrogen and oxygen atoms in total. The molecular formula is C30H49N3O2Si. The minimum absolute atomic E-state index is 0.0242. The molecule has 1 aliphatic rings. The molecule has 2 unspecified atom stereocenters. The number of nitrogens with zero attached hydrogens (tertiary/aromatic N) is 3. The first kappa shape index (κ1) is 28.9. The molecule has 0 saturated carbocycles. The van der Waals surface area contributed by atoms with Crippen LogP contribution >= 0.6 is 0 Å². The number of fused-ring (bicyclic) bond motifs is 1. The van der Waals surface area contributed by atoms with Gasteiger partial charge in [0, 0.05) is 45.9 Å². The first-order chi connectivity index (χ1) is 16.2. The predicted molar refractivity (Wildman–Crippen MR) is 151 cm³/mol. The van der Waals surface area contributed by atoms with E-state index in [1.165, 1.54) is 5.56 Å². The van der Waals surface area contributed by atoms with E-state index < -0.39 is 14.4 Å². The summed E-state index contributed by atoms with van der Waals surface area (Å²) in [6.45, 7) is 28.9. The van der Waals surface area contributed by atoms with Gasteiger partial charge in [0.15, 0.2) is 8.32 Å². The van der Waals surface area contributed by atoms with Crippen molar-refractivity contribution in [3.05, 3.63) is 51.9 Å². The lowest BCUT2D eigenvalue weighted by Crippen LogP contribution is -2.44. The van der Waals surface area contributed by atoms with Gasteiger partial charge >= 0.3 is 0 Å². The van der Waals surface area contributed by atoms with Gasteiger partial charge in [0.2, 0.25) is 0 Å². The van der Waals surface area contributed by atoms with Gasteiger partial charge in [-0.25, -0.2) is 9.97 Å². The van der Waals surface area contributed by atoms with Crippen LogP contribution in [-0.2, 0) is 16.3 Å². The Morgan fingerprint density at radius 1 is 1.06 bits per heavy atom. The van der Waals surface area contributed by atoms with Crippen molar-refractivity contribution in [2.75, 3.05) is 0 Å². The molecule has 1 aliphatic carbocycles. The Morgan fingerprint density at radius 3 is 2.08 bits per heavy atom. The molecule has 3 rings (SSSR count). The summed E-state index contributed by atoms with van der Waals surface area (Å²) in [5, 5.41) is 11.8. The second-order valence-corrected chi connectivity index (χ2v) is 19.2. The molecule has 6 heteroatoms. The minimum atomic E-state index is -2.02. The average Bonchev–Trinajstić information content (AvgIpc) is 2.70. The van der Waals surface area contributed by atoms with E-state index in [9.17, 15) is 5.11 Å². The Morgan fingerprint density at radius 2 is 1.61 bits per heavy atom. The predicted octanol–water partition coefficient (Wildman–Crippen LogP) is 7.72. The smallest absolute Gasteiger partial charge is 0.192 e. The SMILES string of the molecule is Cc1c2c(nc(C(C)C)c1C(O)c1cnc(C(C)(C)C)nc1)CC(C)(C)CC2O[Si](C)(C)C(C)(C)C. The second-order valence-electron chi connectivity index (χ2n) is 14.5. The minimum Gasteiger partial charge on any atom is -0.410 e. The van der Waals surface area contributed by atoms with Crippen LogP contribution in [0.5, 0.6) is 0 Å². The highest BCUT2D eigenvalue weighted by Gasteiger charge is 2.44. The number of aliphatic hydroxyl groups excluding tert-OH is 1. The van der Waals surface area contributed by atoms with E-state index in [2.05, 4.69) is 99.2 Å². The van der Waals surface area contributed by atoms with Gasteiger partial charge in [0.05, 0.1) is 6.10 Å². The van der Waals surface area contributed by atoms with E-state index in [0.717, 1.165) is 41.2 Å². The van der Waals surface area contributed by atoms with Crippen LogP contribution in [0.4, 0.5) is 0 Å². The van der Waals surface area contributed by atoms with Gasteiger partial charge in [0.25, 0.3) is 0 Å². The maximum absolute atomic E-state index is 11.7. The quantitative estimate of drug-likeness (QED) is 0.416. The molecule has 2 aromatic heterocycles. The molecular weight excluding hydrogens is 462 g/mol. The van der Waals surface area contributed by atoms with Crippen molar-refractivity contribution in [2.24, 2.45) is 5.41 Å². The summed E-state index contributed by atoms with van der Waals surface area (Å²) in [7, 11) is -2.02. The van der Waals surface area contributed by atoms with Gasteiger partial charge in [-0.2, -0.15) is 0 Å². The maximum Gasteiger partial charge on any atom is 0.192 e. The molecule has 0 saturated heterocycles. The molecule has 0 fully saturated rings. The molecule has 0 amide bonds. The van der Waals surface area contributed by atoms with Gasteiger partial charge in [-0.15, -0.1) is 0 Å². The summed E-state index contributed by atoms with van der Waals surface area (Å²) < 4.78 is 7.07. The van der Waals surface area contributed by atoms with E-state index in [1.54, 1.807) is 12.4 Å². The third kappa shape index (κ3) is 5.76. The van der Waals surface area contributed by atoms with Crippen molar-refractivity contribution in [1.29, 1.82) is 0 Å². The summed E-state index contributed by atoms with van der Waals surface area (Å²) in [4.78, 5) is 14.4. The zero-order valence-corrected chi connectivity index (χ0v) is 26.0. The number of pyridine rings is 1. The third-order valence-corrected chi connectivity index (χ3v) is 12.6. The molecule has 0 aliphatic heterocycles. The molecule has 0 spiro atoms. The fraction of sp³-hybridized carbons (Fsp3) is 0.700. The van der Waals surface area contributed by atoms with Crippen molar-refractivity contribution in [3.8, 4) is 0 Å². The number of hydrogen-bond donors (Lipinski definition) is 1. The zero-order valence-electron chi connectivity index (χ0n) is 25.0. The Bertz CT molecular complexity index is 1090. The van der Waals surface area contributed by atoms with Crippen LogP contribution in [0, 0.1) is 12.3 Å². The number of aliphatic hydroxyl groups is 1. The summed E-state index contributed by atoms with van der Waals surface area (Å²) >= 11 is 0. The number of hydrogen-bond acceptors (Lipinski definition) is 5. The fourth-order valence-corrected chi connectivity index (χ4v) is 6.23. The van der Waals surface area contributed by atoms with Crippen LogP contribution in [0.25, 0.3) is 0 Å². The molecule has 1 N–H and O–H groups in total. The van der Waals surface area contributed by atoms with Crippen molar-refractivity contribution >= 4 is 8.32 Å². The van der Waals surface area contributed by atoms with E-state index in [-0.39, 0.29) is 27.9 Å². The number of aromatic nitrogens is 3. The maximum atomic E-state index is 11.7. The lowest BCUT2D eigenvalue weighted by molar-refractivity contribution is 0.105. The Kier molecular flexibility index (Phi) is 7.71. The molecule has 36 heavy (non-hydrogen) atoms. The van der Waals surface area contributed by atoms with Crippen molar-refractivity contribution < 1.29 is 9.53 Å². The average molecular weight is 512 g/mol. The topological polar surface area (TPSA) is 68.1 Å². The summed E-state index contributed by atoms with van der Waals surface area (Å²) in [6, 6.07) is 0. The van der Waals surface area contributed by atoms with Crippen LogP contribution in [0.1, 0.15) is 133 Å². The van der Waals surface area contributed by atoms with Crippen LogP contribution < -0.4 is 0 Å². The molecule has 0 radical (unpaired) electrons. The van der Waals surface area contributed by atoms with Crippen molar-refractivity contribution in [2.45, 2.75) is 131 Å². The monoisotopic (exact) mass is 511 g/mol. The highest BCUT2D eigenvalue weighted by molar-refractivity contribution is 6.74. The summed E-state index contributed by atoms with van der Waals surface area (Å²) in [5.74, 6) is 0.950. The van der Waals surface area contributed by atoms with Crippen LogP contribution in [0.2, 0.25) is 18.1 Å². The molecule has 2 atom stereocenters. The Hall–Kier alpha value is -1.63. The van der Waals surface area contributed by atoms with Crippen LogP contribution in [0.3, 0.4) is 0 Å². The van der Waals surface area contributed by atoms with Crippen LogP contribution in [0.15, 0.2) is 12.4 Å². The first-order valence-electron chi connectivity index (χ1n) is 13.5. The third-order valence-electron chi connectivity index (χ3n) is 8.08. The standard InChI is InChI=1S/C30H49N3O2Si/c1-18(2)25-24(26(34)20-16-31-27(32-17-20)28(4,5)6)19(3)23-21(33-25)14-30(10,11)15-22(23)35-36(12,13)29(7,8)9/h16-18,22,26,34H,14-15H2,1-13H3. The first-order valence-corrected chi connectivity index (χ1v) is 16.4. The number of rotatable bonds is 5. The normalized spacial score (nSPS) is 19.4. The van der Waals surface area contributed by atoms with Crippen molar-refractivity contribution in [3.63, 3.8) is 0 Å². The highest BCUT2D eigenvalue weighted by Crippen LogP contribution is 2.49. The lowest BCUT2D eigenvalue weighted by Gasteiger charge is -2.45. The summed E-state index contributed by atoms with van der Waals surface area (Å²) in [6.07, 6.45) is 4.55. The molecule has 200 valence electrons. The van der Waals surface area contributed by atoms with E-state index in [0.29, 0.717) is 5.56 Å². The van der Waals surface area contributed by atoms with Gasteiger partial charge in [-0.1, -0.05) is 69.2 Å². The fourth-order valence-electron chi connectivity index (χ4n) is 4.96. The highest BCUT2D eigenvalue weighted by atomic mass is 28.4. The lowest BCUT2D eigenvalue weighted by atomic mass is 9.72. The summed E-state index contributed by atoms with van der Waals surface area (Å²) in [5.41, 5.74) is 5.93. The molecule has 2 aromatic rings. The van der Waals surface area contributed by atoms with E-state index in [1.807, 2.05) is 0 Å². The van der Waals surface area contributed by atoms with E-state index >= 15 is 0 Å². The Balaban J connectivity index is 2.18. The molecule has 0 bridgehead atoms. The van der Waals surface area contributed by atoms with Gasteiger partial charge in [-0.05, 0) is 54.8 Å².